The Bertz CT molecular complexity index is 1180. The molecule has 4 rings (SSSR count). The lowest BCUT2D eigenvalue weighted by atomic mass is 9.93. The van der Waals surface area contributed by atoms with E-state index < -0.39 is 53.4 Å². The molecule has 2 aliphatic rings. The molecule has 4 heterocycles. The van der Waals surface area contributed by atoms with Gasteiger partial charge < -0.3 is 20.3 Å². The highest BCUT2D eigenvalue weighted by atomic mass is 35.5. The molecule has 33 heavy (non-hydrogen) atoms. The van der Waals surface area contributed by atoms with Crippen molar-refractivity contribution in [2.45, 2.75) is 44.4 Å². The van der Waals surface area contributed by atoms with Crippen LogP contribution < -0.4 is 16.2 Å². The van der Waals surface area contributed by atoms with E-state index in [9.17, 15) is 14.4 Å². The van der Waals surface area contributed by atoms with Crippen molar-refractivity contribution in [2.75, 3.05) is 18.4 Å². The van der Waals surface area contributed by atoms with Crippen molar-refractivity contribution in [1.82, 2.24) is 24.8 Å². The number of nitrogens with zero attached hydrogens (tertiary/aromatic N) is 4. The van der Waals surface area contributed by atoms with Crippen LogP contribution in [0.3, 0.4) is 0 Å². The number of carbonyl (C=O) groups excluding carboxylic acids is 2. The summed E-state index contributed by atoms with van der Waals surface area (Å²) >= 11 is 6.25. The monoisotopic (exact) mass is 482 g/mol. The summed E-state index contributed by atoms with van der Waals surface area (Å²) in [6.45, 7) is 3.90. The fourth-order valence-electron chi connectivity index (χ4n) is 3.86. The van der Waals surface area contributed by atoms with Gasteiger partial charge in [0.15, 0.2) is 0 Å². The maximum atomic E-state index is 15.4. The highest BCUT2D eigenvalue weighted by molar-refractivity contribution is 6.34. The van der Waals surface area contributed by atoms with E-state index in [-0.39, 0.29) is 23.1 Å². The molecule has 1 unspecified atom stereocenters. The highest BCUT2D eigenvalue weighted by Gasteiger charge is 2.64. The van der Waals surface area contributed by atoms with Crippen molar-refractivity contribution in [3.8, 4) is 0 Å². The quantitative estimate of drug-likeness (QED) is 0.675. The number of hydrogen-bond acceptors (Lipinski definition) is 7. The molecule has 0 radical (unpaired) electrons. The zero-order valence-corrected chi connectivity index (χ0v) is 18.7. The topological polar surface area (TPSA) is 118 Å². The van der Waals surface area contributed by atoms with Crippen LogP contribution in [-0.4, -0.2) is 56.0 Å². The summed E-state index contributed by atoms with van der Waals surface area (Å²) in [5.74, 6) is -4.31. The Morgan fingerprint density at radius 1 is 1.33 bits per heavy atom. The molecule has 2 aliphatic heterocycles. The van der Waals surface area contributed by atoms with Crippen LogP contribution in [0.4, 0.5) is 25.1 Å². The zero-order chi connectivity index (χ0) is 24.2. The first-order chi connectivity index (χ1) is 15.3. The van der Waals surface area contributed by atoms with Gasteiger partial charge in [-0.2, -0.15) is 0 Å². The molecule has 0 aliphatic carbocycles. The fourth-order valence-corrected chi connectivity index (χ4v) is 4.14. The van der Waals surface area contributed by atoms with Gasteiger partial charge in [-0.1, -0.05) is 11.6 Å². The second kappa shape index (κ2) is 7.65. The third kappa shape index (κ3) is 3.88. The van der Waals surface area contributed by atoms with Crippen molar-refractivity contribution in [2.24, 2.45) is 0 Å². The van der Waals surface area contributed by atoms with Gasteiger partial charge in [-0.05, 0) is 32.9 Å². The molecule has 0 bridgehead atoms. The van der Waals surface area contributed by atoms with Gasteiger partial charge in [0.05, 0.1) is 11.6 Å². The van der Waals surface area contributed by atoms with Crippen LogP contribution in [-0.2, 0) is 10.4 Å². The van der Waals surface area contributed by atoms with E-state index in [0.29, 0.717) is 4.57 Å². The second-order valence-electron chi connectivity index (χ2n) is 8.79. The summed E-state index contributed by atoms with van der Waals surface area (Å²) in [4.78, 5) is 47.5. The SMILES string of the molecule is CC(C)(C)OC(=O)N1CCC(F)(F)C2(C1)NC(=O)c1c(Cl)cc(Nc3ccncn3)c(=O)n12. The molecule has 2 aromatic heterocycles. The Hall–Kier alpha value is -3.28. The first kappa shape index (κ1) is 22.9. The first-order valence-electron chi connectivity index (χ1n) is 10.0. The van der Waals surface area contributed by atoms with Crippen LogP contribution in [0.1, 0.15) is 37.7 Å². The van der Waals surface area contributed by atoms with Gasteiger partial charge in [0.25, 0.3) is 17.4 Å². The van der Waals surface area contributed by atoms with E-state index >= 15 is 8.78 Å². The van der Waals surface area contributed by atoms with Gasteiger partial charge in [-0.3, -0.25) is 14.2 Å². The van der Waals surface area contributed by atoms with Gasteiger partial charge in [-0.25, -0.2) is 23.5 Å². The molecule has 2 aromatic rings. The lowest BCUT2D eigenvalue weighted by Crippen LogP contribution is -2.69. The Morgan fingerprint density at radius 2 is 2.06 bits per heavy atom. The summed E-state index contributed by atoms with van der Waals surface area (Å²) in [6, 6.07) is 2.63. The van der Waals surface area contributed by atoms with E-state index in [2.05, 4.69) is 20.6 Å². The number of rotatable bonds is 2. The molecule has 2 amide bonds. The average molecular weight is 483 g/mol. The second-order valence-corrected chi connectivity index (χ2v) is 9.19. The minimum atomic E-state index is -3.58. The summed E-state index contributed by atoms with van der Waals surface area (Å²) in [5.41, 5.74) is -4.93. The van der Waals surface area contributed by atoms with Crippen LogP contribution >= 0.6 is 11.6 Å². The molecule has 2 N–H and O–H groups in total. The maximum absolute atomic E-state index is 15.4. The van der Waals surface area contributed by atoms with Crippen molar-refractivity contribution in [3.63, 3.8) is 0 Å². The molecule has 1 spiro atoms. The van der Waals surface area contributed by atoms with Gasteiger partial charge in [0.2, 0.25) is 5.66 Å². The Morgan fingerprint density at radius 3 is 2.70 bits per heavy atom. The standard InChI is InChI=1S/C20H21ClF2N6O4/c1-18(2,3)33-17(32)28-7-5-19(22,23)20(9-28)27-15(30)14-11(21)8-12(16(31)29(14)20)26-13-4-6-24-10-25-13/h4,6,8,10H,5,7,9H2,1-3H3,(H,27,30)(H,24,25,26). The normalized spacial score (nSPS) is 21.5. The average Bonchev–Trinajstić information content (AvgIpc) is 3.01. The zero-order valence-electron chi connectivity index (χ0n) is 18.0. The van der Waals surface area contributed by atoms with E-state index in [1.807, 2.05) is 0 Å². The number of halogens is 3. The number of pyridine rings is 1. The third-order valence-corrected chi connectivity index (χ3v) is 5.58. The number of likely N-dealkylation sites (tertiary alicyclic amines) is 1. The summed E-state index contributed by atoms with van der Waals surface area (Å²) in [5, 5.41) is 4.73. The van der Waals surface area contributed by atoms with Gasteiger partial charge >= 0.3 is 6.09 Å². The minimum absolute atomic E-state index is 0.177. The highest BCUT2D eigenvalue weighted by Crippen LogP contribution is 2.44. The summed E-state index contributed by atoms with van der Waals surface area (Å²) in [7, 11) is 0. The third-order valence-electron chi connectivity index (χ3n) is 5.29. The molecule has 0 aromatic carbocycles. The molecule has 1 atom stereocenters. The van der Waals surface area contributed by atoms with Crippen LogP contribution in [0, 0.1) is 0 Å². The fraction of sp³-hybridized carbons (Fsp3) is 0.450. The molecular weight excluding hydrogens is 462 g/mol. The van der Waals surface area contributed by atoms with Gasteiger partial charge in [0.1, 0.15) is 29.1 Å². The smallest absolute Gasteiger partial charge is 0.410 e. The van der Waals surface area contributed by atoms with Crippen LogP contribution in [0.15, 0.2) is 29.5 Å². The number of piperidine rings is 1. The molecular formula is C20H21ClF2N6O4. The number of hydrogen-bond donors (Lipinski definition) is 2. The molecule has 13 heteroatoms. The number of nitrogens with one attached hydrogen (secondary N) is 2. The summed E-state index contributed by atoms with van der Waals surface area (Å²) in [6.07, 6.45) is 1.01. The van der Waals surface area contributed by atoms with E-state index in [1.54, 1.807) is 20.8 Å². The first-order valence-corrected chi connectivity index (χ1v) is 10.4. The Kier molecular flexibility index (Phi) is 5.31. The van der Waals surface area contributed by atoms with Gasteiger partial charge in [-0.15, -0.1) is 0 Å². The number of anilines is 2. The lowest BCUT2D eigenvalue weighted by Gasteiger charge is -2.46. The largest absolute Gasteiger partial charge is 0.444 e. The molecule has 0 saturated carbocycles. The molecule has 176 valence electrons. The number of ether oxygens (including phenoxy) is 1. The lowest BCUT2D eigenvalue weighted by molar-refractivity contribution is -0.160. The predicted molar refractivity (Wildman–Crippen MR) is 114 cm³/mol. The van der Waals surface area contributed by atoms with Crippen LogP contribution in [0.5, 0.6) is 0 Å². The maximum Gasteiger partial charge on any atom is 0.410 e. The van der Waals surface area contributed by atoms with Crippen LogP contribution in [0.2, 0.25) is 5.02 Å². The van der Waals surface area contributed by atoms with Crippen molar-refractivity contribution in [1.29, 1.82) is 0 Å². The number of amides is 2. The number of carbonyl (C=O) groups is 2. The Balaban J connectivity index is 1.83. The molecule has 10 nitrogen and oxygen atoms in total. The Labute approximate surface area is 191 Å². The molecule has 1 saturated heterocycles. The summed E-state index contributed by atoms with van der Waals surface area (Å²) < 4.78 is 36.8. The van der Waals surface area contributed by atoms with Crippen molar-refractivity contribution < 1.29 is 23.1 Å². The van der Waals surface area contributed by atoms with E-state index in [1.165, 1.54) is 24.7 Å². The number of alkyl halides is 2. The predicted octanol–water partition coefficient (Wildman–Crippen LogP) is 2.71. The van der Waals surface area contributed by atoms with E-state index in [4.69, 9.17) is 16.3 Å². The van der Waals surface area contributed by atoms with E-state index in [0.717, 1.165) is 4.90 Å². The van der Waals surface area contributed by atoms with Crippen molar-refractivity contribution >= 4 is 35.1 Å². The van der Waals surface area contributed by atoms with Crippen LogP contribution in [0.25, 0.3) is 0 Å². The van der Waals surface area contributed by atoms with Gasteiger partial charge in [0, 0.05) is 19.2 Å². The minimum Gasteiger partial charge on any atom is -0.444 e. The number of aromatic nitrogens is 3. The van der Waals surface area contributed by atoms with Crippen molar-refractivity contribution in [3.05, 3.63) is 45.7 Å². The molecule has 1 fully saturated rings. The number of fused-ring (bicyclic) bond motifs is 2.